The van der Waals surface area contributed by atoms with Crippen LogP contribution in [0.1, 0.15) is 31.9 Å². The van der Waals surface area contributed by atoms with Crippen LogP contribution in [-0.4, -0.2) is 11.0 Å². The largest absolute Gasteiger partial charge is 0.367 e. The molecule has 2 rings (SSSR count). The molecular formula is C12H18N2. The maximum absolute atomic E-state index is 4.45. The zero-order valence-electron chi connectivity index (χ0n) is 8.96. The SMILES string of the molecule is Cc1cccc(NC2CCC(C)C2)n1. The van der Waals surface area contributed by atoms with Crippen molar-refractivity contribution in [3.05, 3.63) is 23.9 Å². The van der Waals surface area contributed by atoms with Crippen molar-refractivity contribution in [1.82, 2.24) is 4.98 Å². The normalized spacial score (nSPS) is 26.4. The second-order valence-electron chi connectivity index (χ2n) is 4.42. The van der Waals surface area contributed by atoms with Crippen LogP contribution in [0.15, 0.2) is 18.2 Å². The maximum atomic E-state index is 4.45. The Hall–Kier alpha value is -1.05. The Kier molecular flexibility index (Phi) is 2.71. The summed E-state index contributed by atoms with van der Waals surface area (Å²) < 4.78 is 0. The Morgan fingerprint density at radius 2 is 2.21 bits per heavy atom. The molecule has 76 valence electrons. The smallest absolute Gasteiger partial charge is 0.126 e. The van der Waals surface area contributed by atoms with Gasteiger partial charge in [-0.15, -0.1) is 0 Å². The van der Waals surface area contributed by atoms with Crippen LogP contribution in [0.3, 0.4) is 0 Å². The molecule has 1 aliphatic rings. The molecule has 0 bridgehead atoms. The third-order valence-electron chi connectivity index (χ3n) is 2.94. The third kappa shape index (κ3) is 2.25. The first-order valence-corrected chi connectivity index (χ1v) is 5.44. The van der Waals surface area contributed by atoms with Gasteiger partial charge in [-0.1, -0.05) is 13.0 Å². The number of aryl methyl sites for hydroxylation is 1. The summed E-state index contributed by atoms with van der Waals surface area (Å²) in [4.78, 5) is 4.45. The number of nitrogens with one attached hydrogen (secondary N) is 1. The molecule has 0 radical (unpaired) electrons. The fraction of sp³-hybridized carbons (Fsp3) is 0.583. The lowest BCUT2D eigenvalue weighted by molar-refractivity contribution is 0.602. The Labute approximate surface area is 85.7 Å². The molecule has 1 saturated carbocycles. The minimum Gasteiger partial charge on any atom is -0.367 e. The van der Waals surface area contributed by atoms with Gasteiger partial charge in [0.25, 0.3) is 0 Å². The summed E-state index contributed by atoms with van der Waals surface area (Å²) >= 11 is 0. The highest BCUT2D eigenvalue weighted by atomic mass is 15.0. The molecule has 0 saturated heterocycles. The van der Waals surface area contributed by atoms with Gasteiger partial charge in [-0.2, -0.15) is 0 Å². The van der Waals surface area contributed by atoms with Gasteiger partial charge in [0.1, 0.15) is 5.82 Å². The summed E-state index contributed by atoms with van der Waals surface area (Å²) in [5, 5.41) is 3.50. The second kappa shape index (κ2) is 3.99. The summed E-state index contributed by atoms with van der Waals surface area (Å²) in [5.41, 5.74) is 1.08. The number of hydrogen-bond acceptors (Lipinski definition) is 2. The molecule has 0 spiro atoms. The van der Waals surface area contributed by atoms with Gasteiger partial charge in [0.15, 0.2) is 0 Å². The van der Waals surface area contributed by atoms with Crippen LogP contribution in [0.4, 0.5) is 5.82 Å². The molecule has 0 aromatic carbocycles. The zero-order chi connectivity index (χ0) is 9.97. The van der Waals surface area contributed by atoms with Gasteiger partial charge in [0, 0.05) is 11.7 Å². The molecule has 1 aliphatic carbocycles. The molecule has 2 heteroatoms. The summed E-state index contributed by atoms with van der Waals surface area (Å²) in [6, 6.07) is 6.78. The van der Waals surface area contributed by atoms with Crippen LogP contribution in [0.2, 0.25) is 0 Å². The maximum Gasteiger partial charge on any atom is 0.126 e. The van der Waals surface area contributed by atoms with Gasteiger partial charge in [-0.3, -0.25) is 0 Å². The average Bonchev–Trinajstić information content (AvgIpc) is 2.51. The van der Waals surface area contributed by atoms with E-state index >= 15 is 0 Å². The number of rotatable bonds is 2. The van der Waals surface area contributed by atoms with Gasteiger partial charge in [-0.05, 0) is 44.2 Å². The van der Waals surface area contributed by atoms with Crippen molar-refractivity contribution in [2.24, 2.45) is 5.92 Å². The molecule has 1 heterocycles. The number of anilines is 1. The molecule has 1 aromatic heterocycles. The van der Waals surface area contributed by atoms with Gasteiger partial charge in [-0.25, -0.2) is 4.98 Å². The number of nitrogens with zero attached hydrogens (tertiary/aromatic N) is 1. The van der Waals surface area contributed by atoms with Crippen molar-refractivity contribution in [2.45, 2.75) is 39.2 Å². The Morgan fingerprint density at radius 3 is 2.86 bits per heavy atom. The van der Waals surface area contributed by atoms with Gasteiger partial charge in [0.05, 0.1) is 0 Å². The highest BCUT2D eigenvalue weighted by Gasteiger charge is 2.20. The Bertz CT molecular complexity index is 309. The molecule has 1 aromatic rings. The molecule has 1 fully saturated rings. The van der Waals surface area contributed by atoms with Gasteiger partial charge in [0.2, 0.25) is 0 Å². The summed E-state index contributed by atoms with van der Waals surface area (Å²) in [5.74, 6) is 1.90. The molecule has 0 amide bonds. The van der Waals surface area contributed by atoms with Crippen molar-refractivity contribution >= 4 is 5.82 Å². The van der Waals surface area contributed by atoms with Crippen molar-refractivity contribution in [1.29, 1.82) is 0 Å². The summed E-state index contributed by atoms with van der Waals surface area (Å²) in [6.45, 7) is 4.35. The first-order valence-electron chi connectivity index (χ1n) is 5.44. The minimum absolute atomic E-state index is 0.638. The van der Waals surface area contributed by atoms with E-state index < -0.39 is 0 Å². The quantitative estimate of drug-likeness (QED) is 0.775. The van der Waals surface area contributed by atoms with E-state index in [0.717, 1.165) is 17.4 Å². The predicted molar refractivity (Wildman–Crippen MR) is 59.4 cm³/mol. The molecular weight excluding hydrogens is 172 g/mol. The Morgan fingerprint density at radius 1 is 1.36 bits per heavy atom. The van der Waals surface area contributed by atoms with Crippen LogP contribution >= 0.6 is 0 Å². The number of pyridine rings is 1. The van der Waals surface area contributed by atoms with E-state index in [0.29, 0.717) is 6.04 Å². The van der Waals surface area contributed by atoms with Crippen LogP contribution in [0.25, 0.3) is 0 Å². The Balaban J connectivity index is 1.97. The van der Waals surface area contributed by atoms with E-state index in [1.165, 1.54) is 19.3 Å². The van der Waals surface area contributed by atoms with Crippen LogP contribution < -0.4 is 5.32 Å². The molecule has 0 aliphatic heterocycles. The lowest BCUT2D eigenvalue weighted by Crippen LogP contribution is -2.16. The highest BCUT2D eigenvalue weighted by molar-refractivity contribution is 5.36. The number of aromatic nitrogens is 1. The van der Waals surface area contributed by atoms with Crippen LogP contribution in [0.5, 0.6) is 0 Å². The van der Waals surface area contributed by atoms with Crippen molar-refractivity contribution in [2.75, 3.05) is 5.32 Å². The number of hydrogen-bond donors (Lipinski definition) is 1. The lowest BCUT2D eigenvalue weighted by Gasteiger charge is -2.13. The van der Waals surface area contributed by atoms with E-state index in [4.69, 9.17) is 0 Å². The molecule has 2 nitrogen and oxygen atoms in total. The van der Waals surface area contributed by atoms with E-state index in [9.17, 15) is 0 Å². The zero-order valence-corrected chi connectivity index (χ0v) is 8.96. The fourth-order valence-corrected chi connectivity index (χ4v) is 2.17. The summed E-state index contributed by atoms with van der Waals surface area (Å²) in [7, 11) is 0. The second-order valence-corrected chi connectivity index (χ2v) is 4.42. The monoisotopic (exact) mass is 190 g/mol. The first-order chi connectivity index (χ1) is 6.74. The van der Waals surface area contributed by atoms with Crippen molar-refractivity contribution in [3.63, 3.8) is 0 Å². The highest BCUT2D eigenvalue weighted by Crippen LogP contribution is 2.26. The average molecular weight is 190 g/mol. The minimum atomic E-state index is 0.638. The lowest BCUT2D eigenvalue weighted by atomic mass is 10.1. The van der Waals surface area contributed by atoms with Crippen molar-refractivity contribution < 1.29 is 0 Å². The van der Waals surface area contributed by atoms with Gasteiger partial charge < -0.3 is 5.32 Å². The van der Waals surface area contributed by atoms with Crippen molar-refractivity contribution in [3.8, 4) is 0 Å². The van der Waals surface area contributed by atoms with Crippen LogP contribution in [-0.2, 0) is 0 Å². The predicted octanol–water partition coefficient (Wildman–Crippen LogP) is 2.99. The van der Waals surface area contributed by atoms with E-state index in [1.807, 2.05) is 13.0 Å². The standard InChI is InChI=1S/C12H18N2/c1-9-6-7-11(8-9)14-12-5-3-4-10(2)13-12/h3-5,9,11H,6-8H2,1-2H3,(H,13,14). The van der Waals surface area contributed by atoms with Gasteiger partial charge >= 0.3 is 0 Å². The fourth-order valence-electron chi connectivity index (χ4n) is 2.17. The summed E-state index contributed by atoms with van der Waals surface area (Å²) in [6.07, 6.45) is 3.93. The molecule has 2 atom stereocenters. The third-order valence-corrected chi connectivity index (χ3v) is 2.94. The molecule has 1 N–H and O–H groups in total. The van der Waals surface area contributed by atoms with E-state index in [1.54, 1.807) is 0 Å². The molecule has 2 unspecified atom stereocenters. The topological polar surface area (TPSA) is 24.9 Å². The van der Waals surface area contributed by atoms with E-state index in [-0.39, 0.29) is 0 Å². The van der Waals surface area contributed by atoms with Crippen LogP contribution in [0, 0.1) is 12.8 Å². The molecule has 14 heavy (non-hydrogen) atoms. The first kappa shape index (κ1) is 9.50. The van der Waals surface area contributed by atoms with E-state index in [2.05, 4.69) is 29.4 Å².